The zero-order chi connectivity index (χ0) is 22.7. The number of nitrogens with zero attached hydrogens (tertiary/aromatic N) is 2. The number of nitrogens with one attached hydrogen (secondary N) is 2. The minimum Gasteiger partial charge on any atom is -0.507 e. The Kier molecular flexibility index (Phi) is 6.25. The second-order valence-electron chi connectivity index (χ2n) is 8.24. The Balaban J connectivity index is 1.59. The summed E-state index contributed by atoms with van der Waals surface area (Å²) in [5.74, 6) is 0.0282. The topological polar surface area (TPSA) is 96.3 Å². The number of phenols is 1. The normalized spacial score (nSPS) is 13.8. The van der Waals surface area contributed by atoms with Crippen LogP contribution < -0.4 is 10.6 Å². The molecule has 0 radical (unpaired) electrons. The molecule has 0 bridgehead atoms. The van der Waals surface area contributed by atoms with E-state index in [0.29, 0.717) is 29.1 Å². The number of aryl methyl sites for hydroxylation is 1. The number of carbonyl (C=O) groups is 2. The van der Waals surface area contributed by atoms with E-state index in [1.54, 1.807) is 24.3 Å². The van der Waals surface area contributed by atoms with Gasteiger partial charge in [-0.3, -0.25) is 4.79 Å². The van der Waals surface area contributed by atoms with Crippen LogP contribution in [0.2, 0.25) is 0 Å². The highest BCUT2D eigenvalue weighted by Gasteiger charge is 2.25. The predicted octanol–water partition coefficient (Wildman–Crippen LogP) is 5.05. The molecule has 2 aromatic carbocycles. The molecule has 1 fully saturated rings. The maximum atomic E-state index is 12.6. The Hall–Kier alpha value is -3.61. The molecule has 1 heterocycles. The molecule has 1 aromatic heterocycles. The summed E-state index contributed by atoms with van der Waals surface area (Å²) in [5, 5.41) is 20.8. The maximum Gasteiger partial charge on any atom is 0.342 e. The lowest BCUT2D eigenvalue weighted by Gasteiger charge is -2.11. The van der Waals surface area contributed by atoms with Gasteiger partial charge in [-0.05, 0) is 57.0 Å². The zero-order valence-corrected chi connectivity index (χ0v) is 18.4. The molecule has 0 spiro atoms. The lowest BCUT2D eigenvalue weighted by Crippen LogP contribution is -2.30. The van der Waals surface area contributed by atoms with E-state index < -0.39 is 0 Å². The van der Waals surface area contributed by atoms with Crippen LogP contribution in [0.4, 0.5) is 10.5 Å². The molecule has 7 nitrogen and oxygen atoms in total. The number of anilines is 1. The van der Waals surface area contributed by atoms with E-state index in [2.05, 4.69) is 15.7 Å². The van der Waals surface area contributed by atoms with Crippen molar-refractivity contribution in [3.8, 4) is 17.0 Å². The maximum absolute atomic E-state index is 12.6. The fourth-order valence-corrected chi connectivity index (χ4v) is 4.16. The monoisotopic (exact) mass is 432 g/mol. The highest BCUT2D eigenvalue weighted by molar-refractivity contribution is 6.04. The Labute approximate surface area is 187 Å². The first-order valence-electron chi connectivity index (χ1n) is 11.1. The molecule has 4 rings (SSSR count). The third-order valence-electron chi connectivity index (χ3n) is 5.88. The Bertz CT molecular complexity index is 1130. The number of hydrogen-bond acceptors (Lipinski definition) is 4. The molecule has 1 saturated carbocycles. The summed E-state index contributed by atoms with van der Waals surface area (Å²) < 4.78 is 1.43. The van der Waals surface area contributed by atoms with Gasteiger partial charge in [0.1, 0.15) is 5.75 Å². The minimum absolute atomic E-state index is 0.00905. The number of hydrogen-bond donors (Lipinski definition) is 3. The predicted molar refractivity (Wildman–Crippen MR) is 124 cm³/mol. The number of rotatable bonds is 5. The molecule has 166 valence electrons. The first-order valence-corrected chi connectivity index (χ1v) is 11.1. The van der Waals surface area contributed by atoms with E-state index in [4.69, 9.17) is 0 Å². The summed E-state index contributed by atoms with van der Waals surface area (Å²) in [5.41, 5.74) is 4.02. The molecule has 0 saturated heterocycles. The average molecular weight is 433 g/mol. The summed E-state index contributed by atoms with van der Waals surface area (Å²) in [4.78, 5) is 25.0. The van der Waals surface area contributed by atoms with Gasteiger partial charge >= 0.3 is 6.03 Å². The highest BCUT2D eigenvalue weighted by Crippen LogP contribution is 2.38. The summed E-state index contributed by atoms with van der Waals surface area (Å²) in [6, 6.07) is 13.8. The van der Waals surface area contributed by atoms with E-state index in [1.807, 2.05) is 32.0 Å². The molecular weight excluding hydrogens is 404 g/mol. The molecule has 0 aliphatic heterocycles. The SMILES string of the molecule is CCNC(=O)n1nc(-c2ccc(NC(=O)c3ccc(C)cc3)cc2O)cc1C1CCCC1. The molecular formula is C25H28N4O3. The summed E-state index contributed by atoms with van der Waals surface area (Å²) in [7, 11) is 0. The van der Waals surface area contributed by atoms with Crippen molar-refractivity contribution in [3.05, 3.63) is 65.4 Å². The molecule has 3 aromatic rings. The third-order valence-corrected chi connectivity index (χ3v) is 5.88. The first kappa shape index (κ1) is 21.6. The van der Waals surface area contributed by atoms with Crippen molar-refractivity contribution >= 4 is 17.6 Å². The minimum atomic E-state index is -0.262. The average Bonchev–Trinajstić information content (AvgIpc) is 3.44. The van der Waals surface area contributed by atoms with Crippen LogP contribution in [0.25, 0.3) is 11.3 Å². The number of carbonyl (C=O) groups excluding carboxylic acids is 2. The van der Waals surface area contributed by atoms with Crippen LogP contribution >= 0.6 is 0 Å². The van der Waals surface area contributed by atoms with Crippen LogP contribution in [0, 0.1) is 6.92 Å². The molecule has 1 aliphatic carbocycles. The van der Waals surface area contributed by atoms with Gasteiger partial charge in [-0.25, -0.2) is 4.79 Å². The van der Waals surface area contributed by atoms with Gasteiger partial charge in [0.15, 0.2) is 0 Å². The van der Waals surface area contributed by atoms with Crippen molar-refractivity contribution in [1.29, 1.82) is 0 Å². The molecule has 3 N–H and O–H groups in total. The second-order valence-corrected chi connectivity index (χ2v) is 8.24. The summed E-state index contributed by atoms with van der Waals surface area (Å²) in [6.45, 7) is 4.34. The lowest BCUT2D eigenvalue weighted by molar-refractivity contribution is 0.102. The van der Waals surface area contributed by atoms with Crippen molar-refractivity contribution in [2.24, 2.45) is 0 Å². The van der Waals surface area contributed by atoms with Crippen molar-refractivity contribution < 1.29 is 14.7 Å². The van der Waals surface area contributed by atoms with Crippen LogP contribution in [0.1, 0.15) is 60.1 Å². The highest BCUT2D eigenvalue weighted by atomic mass is 16.3. The fourth-order valence-electron chi connectivity index (χ4n) is 4.16. The van der Waals surface area contributed by atoms with E-state index in [-0.39, 0.29) is 23.6 Å². The number of benzene rings is 2. The quantitative estimate of drug-likeness (QED) is 0.525. The molecule has 2 amide bonds. The van der Waals surface area contributed by atoms with Crippen LogP contribution in [-0.2, 0) is 0 Å². The lowest BCUT2D eigenvalue weighted by atomic mass is 10.0. The van der Waals surface area contributed by atoms with Gasteiger partial charge in [-0.1, -0.05) is 30.5 Å². The Morgan fingerprint density at radius 2 is 1.81 bits per heavy atom. The summed E-state index contributed by atoms with van der Waals surface area (Å²) >= 11 is 0. The van der Waals surface area contributed by atoms with Crippen molar-refractivity contribution in [2.75, 3.05) is 11.9 Å². The summed E-state index contributed by atoms with van der Waals surface area (Å²) in [6.07, 6.45) is 4.34. The smallest absolute Gasteiger partial charge is 0.342 e. The number of amides is 2. The van der Waals surface area contributed by atoms with Crippen LogP contribution in [0.3, 0.4) is 0 Å². The van der Waals surface area contributed by atoms with Gasteiger partial charge < -0.3 is 15.7 Å². The number of phenolic OH excluding ortho intramolecular Hbond substituents is 1. The standard InChI is InChI=1S/C25H28N4O3/c1-3-26-25(32)29-22(17-6-4-5-7-17)15-21(28-29)20-13-12-19(14-23(20)30)27-24(31)18-10-8-16(2)9-11-18/h8-15,17,30H,3-7H2,1-2H3,(H,26,32)(H,27,31). The van der Waals surface area contributed by atoms with E-state index >= 15 is 0 Å². The Morgan fingerprint density at radius 1 is 1.09 bits per heavy atom. The van der Waals surface area contributed by atoms with Crippen molar-refractivity contribution in [2.45, 2.75) is 45.4 Å². The van der Waals surface area contributed by atoms with Gasteiger partial charge in [0, 0.05) is 35.3 Å². The van der Waals surface area contributed by atoms with Gasteiger partial charge in [-0.2, -0.15) is 9.78 Å². The van der Waals surface area contributed by atoms with Crippen LogP contribution in [0.5, 0.6) is 5.75 Å². The molecule has 32 heavy (non-hydrogen) atoms. The van der Waals surface area contributed by atoms with Crippen molar-refractivity contribution in [3.63, 3.8) is 0 Å². The molecule has 7 heteroatoms. The molecule has 1 aliphatic rings. The fraction of sp³-hybridized carbons (Fsp3) is 0.320. The molecule has 0 unspecified atom stereocenters. The van der Waals surface area contributed by atoms with Crippen LogP contribution in [0.15, 0.2) is 48.5 Å². The first-order chi connectivity index (χ1) is 15.5. The Morgan fingerprint density at radius 3 is 2.47 bits per heavy atom. The van der Waals surface area contributed by atoms with Crippen LogP contribution in [-0.4, -0.2) is 33.4 Å². The largest absolute Gasteiger partial charge is 0.507 e. The van der Waals surface area contributed by atoms with Gasteiger partial charge in [0.25, 0.3) is 5.91 Å². The van der Waals surface area contributed by atoms with Crippen molar-refractivity contribution in [1.82, 2.24) is 15.1 Å². The van der Waals surface area contributed by atoms with Gasteiger partial charge in [0.05, 0.1) is 11.4 Å². The van der Waals surface area contributed by atoms with E-state index in [0.717, 1.165) is 36.9 Å². The van der Waals surface area contributed by atoms with Gasteiger partial charge in [-0.15, -0.1) is 0 Å². The number of aromatic nitrogens is 2. The second kappa shape index (κ2) is 9.26. The number of aromatic hydroxyl groups is 1. The van der Waals surface area contributed by atoms with Gasteiger partial charge in [0.2, 0.25) is 0 Å². The molecule has 0 atom stereocenters. The van der Waals surface area contributed by atoms with E-state index in [9.17, 15) is 14.7 Å². The van der Waals surface area contributed by atoms with E-state index in [1.165, 1.54) is 10.7 Å². The third kappa shape index (κ3) is 4.51. The zero-order valence-electron chi connectivity index (χ0n) is 18.4.